The molecule has 0 atom stereocenters. The summed E-state index contributed by atoms with van der Waals surface area (Å²) in [5.74, 6) is 0.390. The predicted molar refractivity (Wildman–Crippen MR) is 83.2 cm³/mol. The van der Waals surface area contributed by atoms with Gasteiger partial charge in [-0.2, -0.15) is 0 Å². The molecule has 3 nitrogen and oxygen atoms in total. The Morgan fingerprint density at radius 1 is 1.10 bits per heavy atom. The molecule has 0 aliphatic heterocycles. The van der Waals surface area contributed by atoms with E-state index in [1.807, 2.05) is 19.9 Å². The second kappa shape index (κ2) is 7.89. The van der Waals surface area contributed by atoms with Crippen LogP contribution in [0.3, 0.4) is 0 Å². The Bertz CT molecular complexity index is 538. The molecule has 0 aliphatic carbocycles. The Kier molecular flexibility index (Phi) is 6.83. The van der Waals surface area contributed by atoms with Crippen molar-refractivity contribution in [2.45, 2.75) is 57.8 Å². The van der Waals surface area contributed by atoms with Crippen molar-refractivity contribution in [2.75, 3.05) is 6.61 Å². The van der Waals surface area contributed by atoms with Crippen LogP contribution in [0, 0.1) is 13.8 Å². The van der Waals surface area contributed by atoms with Gasteiger partial charge in [-0.15, -0.1) is 0 Å². The fourth-order valence-electron chi connectivity index (χ4n) is 2.16. The van der Waals surface area contributed by atoms with Crippen LogP contribution >= 0.6 is 10.7 Å². The number of rotatable bonds is 8. The third-order valence-corrected chi connectivity index (χ3v) is 4.47. The SMILES string of the molecule is CCCCCCCOc1c(C)cc(C)cc1S(=O)(=O)Cl. The lowest BCUT2D eigenvalue weighted by atomic mass is 10.1. The summed E-state index contributed by atoms with van der Waals surface area (Å²) in [7, 11) is 1.70. The smallest absolute Gasteiger partial charge is 0.265 e. The summed E-state index contributed by atoms with van der Waals surface area (Å²) in [6, 6.07) is 3.46. The van der Waals surface area contributed by atoms with Crippen molar-refractivity contribution < 1.29 is 13.2 Å². The molecule has 0 aromatic heterocycles. The maximum atomic E-state index is 11.6. The molecule has 0 heterocycles. The van der Waals surface area contributed by atoms with Crippen LogP contribution in [-0.2, 0) is 9.05 Å². The molecule has 1 aromatic carbocycles. The largest absolute Gasteiger partial charge is 0.492 e. The Labute approximate surface area is 126 Å². The number of unbranched alkanes of at least 4 members (excludes halogenated alkanes) is 4. The molecule has 20 heavy (non-hydrogen) atoms. The van der Waals surface area contributed by atoms with E-state index in [0.717, 1.165) is 24.0 Å². The van der Waals surface area contributed by atoms with Crippen LogP contribution in [0.2, 0.25) is 0 Å². The molecule has 1 rings (SSSR count). The quantitative estimate of drug-likeness (QED) is 0.520. The zero-order chi connectivity index (χ0) is 15.2. The molecular formula is C15H23ClO3S. The third kappa shape index (κ3) is 5.33. The van der Waals surface area contributed by atoms with Gasteiger partial charge in [0.1, 0.15) is 10.6 Å². The van der Waals surface area contributed by atoms with Crippen LogP contribution < -0.4 is 4.74 Å². The van der Waals surface area contributed by atoms with Crippen molar-refractivity contribution in [3.8, 4) is 5.75 Å². The molecule has 1 aromatic rings. The first kappa shape index (κ1) is 17.3. The van der Waals surface area contributed by atoms with Gasteiger partial charge in [-0.3, -0.25) is 0 Å². The predicted octanol–water partition coefficient (Wildman–Crippen LogP) is 4.58. The molecule has 0 saturated heterocycles. The van der Waals surface area contributed by atoms with Crippen LogP contribution in [0.5, 0.6) is 5.75 Å². The first-order chi connectivity index (χ1) is 9.36. The highest BCUT2D eigenvalue weighted by Crippen LogP contribution is 2.31. The molecule has 0 amide bonds. The minimum atomic E-state index is -3.78. The fraction of sp³-hybridized carbons (Fsp3) is 0.600. The summed E-state index contributed by atoms with van der Waals surface area (Å²) >= 11 is 0. The zero-order valence-electron chi connectivity index (χ0n) is 12.4. The summed E-state index contributed by atoms with van der Waals surface area (Å²) in [5, 5.41) is 0. The zero-order valence-corrected chi connectivity index (χ0v) is 14.0. The minimum Gasteiger partial charge on any atom is -0.492 e. The second-order valence-electron chi connectivity index (χ2n) is 5.11. The van der Waals surface area contributed by atoms with Crippen molar-refractivity contribution in [2.24, 2.45) is 0 Å². The lowest BCUT2D eigenvalue weighted by Crippen LogP contribution is -2.04. The number of aryl methyl sites for hydroxylation is 2. The highest BCUT2D eigenvalue weighted by Gasteiger charge is 2.19. The van der Waals surface area contributed by atoms with Gasteiger partial charge in [0.15, 0.2) is 0 Å². The van der Waals surface area contributed by atoms with Crippen molar-refractivity contribution >= 4 is 19.7 Å². The van der Waals surface area contributed by atoms with E-state index in [1.165, 1.54) is 19.3 Å². The summed E-state index contributed by atoms with van der Waals surface area (Å²) in [5.41, 5.74) is 1.66. The number of hydrogen-bond donors (Lipinski definition) is 0. The molecule has 0 spiro atoms. The summed E-state index contributed by atoms with van der Waals surface area (Å²) in [4.78, 5) is 0.0743. The van der Waals surface area contributed by atoms with E-state index < -0.39 is 9.05 Å². The van der Waals surface area contributed by atoms with Gasteiger partial charge in [-0.1, -0.05) is 38.7 Å². The van der Waals surface area contributed by atoms with Gasteiger partial charge in [0.05, 0.1) is 6.61 Å². The minimum absolute atomic E-state index is 0.0743. The number of ether oxygens (including phenoxy) is 1. The average molecular weight is 319 g/mol. The van der Waals surface area contributed by atoms with E-state index in [1.54, 1.807) is 6.07 Å². The second-order valence-corrected chi connectivity index (χ2v) is 7.64. The topological polar surface area (TPSA) is 43.4 Å². The first-order valence-electron chi connectivity index (χ1n) is 7.05. The standard InChI is InChI=1S/C15H23ClO3S/c1-4-5-6-7-8-9-19-15-13(3)10-12(2)11-14(15)20(16,17)18/h10-11H,4-9H2,1-3H3. The molecule has 0 bridgehead atoms. The van der Waals surface area contributed by atoms with E-state index in [4.69, 9.17) is 15.4 Å². The van der Waals surface area contributed by atoms with E-state index in [9.17, 15) is 8.42 Å². The van der Waals surface area contributed by atoms with Crippen LogP contribution in [0.4, 0.5) is 0 Å². The molecule has 0 fully saturated rings. The van der Waals surface area contributed by atoms with Crippen molar-refractivity contribution in [3.05, 3.63) is 23.3 Å². The highest BCUT2D eigenvalue weighted by atomic mass is 35.7. The molecule has 0 N–H and O–H groups in total. The van der Waals surface area contributed by atoms with Crippen LogP contribution in [0.1, 0.15) is 50.2 Å². The molecule has 114 valence electrons. The maximum absolute atomic E-state index is 11.6. The van der Waals surface area contributed by atoms with Gasteiger partial charge in [0.25, 0.3) is 9.05 Å². The van der Waals surface area contributed by atoms with Crippen LogP contribution in [0.25, 0.3) is 0 Å². The molecule has 0 unspecified atom stereocenters. The molecule has 0 aliphatic rings. The lowest BCUT2D eigenvalue weighted by molar-refractivity contribution is 0.295. The number of benzene rings is 1. The van der Waals surface area contributed by atoms with E-state index in [2.05, 4.69) is 6.92 Å². The van der Waals surface area contributed by atoms with Gasteiger partial charge >= 0.3 is 0 Å². The van der Waals surface area contributed by atoms with Crippen molar-refractivity contribution in [3.63, 3.8) is 0 Å². The fourth-order valence-corrected chi connectivity index (χ4v) is 3.27. The first-order valence-corrected chi connectivity index (χ1v) is 9.36. The van der Waals surface area contributed by atoms with Gasteiger partial charge in [0, 0.05) is 10.7 Å². The van der Waals surface area contributed by atoms with E-state index in [-0.39, 0.29) is 4.90 Å². The van der Waals surface area contributed by atoms with E-state index >= 15 is 0 Å². The van der Waals surface area contributed by atoms with Crippen molar-refractivity contribution in [1.29, 1.82) is 0 Å². The van der Waals surface area contributed by atoms with Crippen molar-refractivity contribution in [1.82, 2.24) is 0 Å². The Morgan fingerprint density at radius 3 is 2.35 bits per heavy atom. The average Bonchev–Trinajstić information content (AvgIpc) is 2.34. The van der Waals surface area contributed by atoms with Gasteiger partial charge in [-0.25, -0.2) is 8.42 Å². The summed E-state index contributed by atoms with van der Waals surface area (Å²) < 4.78 is 28.9. The highest BCUT2D eigenvalue weighted by molar-refractivity contribution is 8.13. The number of hydrogen-bond acceptors (Lipinski definition) is 3. The number of halogens is 1. The van der Waals surface area contributed by atoms with E-state index in [0.29, 0.717) is 12.4 Å². The summed E-state index contributed by atoms with van der Waals surface area (Å²) in [6.45, 7) is 6.37. The Balaban J connectivity index is 2.74. The van der Waals surface area contributed by atoms with Gasteiger partial charge in [0.2, 0.25) is 0 Å². The normalized spacial score (nSPS) is 11.6. The Hall–Kier alpha value is -0.740. The molecule has 0 radical (unpaired) electrons. The van der Waals surface area contributed by atoms with Gasteiger partial charge < -0.3 is 4.74 Å². The third-order valence-electron chi connectivity index (χ3n) is 3.14. The maximum Gasteiger partial charge on any atom is 0.265 e. The molecule has 0 saturated carbocycles. The molecule has 5 heteroatoms. The van der Waals surface area contributed by atoms with Crippen LogP contribution in [-0.4, -0.2) is 15.0 Å². The lowest BCUT2D eigenvalue weighted by Gasteiger charge is -2.13. The monoisotopic (exact) mass is 318 g/mol. The summed E-state index contributed by atoms with van der Waals surface area (Å²) in [6.07, 6.45) is 5.64. The van der Waals surface area contributed by atoms with Gasteiger partial charge in [-0.05, 0) is 37.5 Å². The molecular weight excluding hydrogens is 296 g/mol. The Morgan fingerprint density at radius 2 is 1.75 bits per heavy atom. The van der Waals surface area contributed by atoms with Crippen LogP contribution in [0.15, 0.2) is 17.0 Å².